The highest BCUT2D eigenvalue weighted by Gasteiger charge is 2.15. The summed E-state index contributed by atoms with van der Waals surface area (Å²) in [6.45, 7) is 0. The summed E-state index contributed by atoms with van der Waals surface area (Å²) in [7, 11) is 0. The summed E-state index contributed by atoms with van der Waals surface area (Å²) in [6.07, 6.45) is 0. The number of hydrogen-bond acceptors (Lipinski definition) is 2. The van der Waals surface area contributed by atoms with E-state index in [1.807, 2.05) is 0 Å². The fraction of sp³-hybridized carbons (Fsp3) is 0. The van der Waals surface area contributed by atoms with E-state index in [0.29, 0.717) is 8.95 Å². The van der Waals surface area contributed by atoms with E-state index in [4.69, 9.17) is 5.11 Å². The number of carboxylic acids is 1. The van der Waals surface area contributed by atoms with Crippen molar-refractivity contribution in [1.29, 1.82) is 0 Å². The van der Waals surface area contributed by atoms with E-state index >= 15 is 0 Å². The molecule has 0 aromatic heterocycles. The zero-order chi connectivity index (χ0) is 15.6. The molecule has 0 saturated heterocycles. The fourth-order valence-electron chi connectivity index (χ4n) is 1.62. The first-order chi connectivity index (χ1) is 9.88. The third-order valence-electron chi connectivity index (χ3n) is 2.63. The lowest BCUT2D eigenvalue weighted by atomic mass is 10.1. The number of rotatable bonds is 3. The van der Waals surface area contributed by atoms with Gasteiger partial charge in [0.2, 0.25) is 0 Å². The smallest absolute Gasteiger partial charge is 0.335 e. The Morgan fingerprint density at radius 3 is 2.48 bits per heavy atom. The molecule has 0 atom stereocenters. The lowest BCUT2D eigenvalue weighted by Crippen LogP contribution is -2.14. The predicted molar refractivity (Wildman–Crippen MR) is 83.2 cm³/mol. The maximum atomic E-state index is 13.6. The van der Waals surface area contributed by atoms with Gasteiger partial charge >= 0.3 is 5.97 Å². The maximum absolute atomic E-state index is 13.6. The highest BCUT2D eigenvalue weighted by molar-refractivity contribution is 9.10. The van der Waals surface area contributed by atoms with Crippen LogP contribution < -0.4 is 5.32 Å². The largest absolute Gasteiger partial charge is 0.478 e. The standard InChI is InChI=1S/C14H8Br2FNO3/c15-8-2-4-11(17)9(6-8)13(19)18-12-5-7(14(20)21)1-3-10(12)16/h1-6H,(H,18,19)(H,20,21). The third-order valence-corrected chi connectivity index (χ3v) is 3.82. The number of anilines is 1. The van der Waals surface area contributed by atoms with E-state index < -0.39 is 17.7 Å². The van der Waals surface area contributed by atoms with E-state index in [-0.39, 0.29) is 16.8 Å². The molecular weight excluding hydrogens is 409 g/mol. The first-order valence-corrected chi connectivity index (χ1v) is 7.26. The van der Waals surface area contributed by atoms with Gasteiger partial charge in [-0.05, 0) is 52.3 Å². The van der Waals surface area contributed by atoms with Gasteiger partial charge in [0.15, 0.2) is 0 Å². The molecule has 2 aromatic rings. The number of aromatic carboxylic acids is 1. The molecule has 0 aliphatic rings. The monoisotopic (exact) mass is 415 g/mol. The second kappa shape index (κ2) is 6.36. The molecule has 0 fully saturated rings. The third kappa shape index (κ3) is 3.68. The Morgan fingerprint density at radius 1 is 1.10 bits per heavy atom. The van der Waals surface area contributed by atoms with Crippen LogP contribution >= 0.6 is 31.9 Å². The molecule has 108 valence electrons. The summed E-state index contributed by atoms with van der Waals surface area (Å²) in [5.41, 5.74) is 0.125. The Bertz CT molecular complexity index is 734. The lowest BCUT2D eigenvalue weighted by Gasteiger charge is -2.09. The first kappa shape index (κ1) is 15.7. The van der Waals surface area contributed by atoms with E-state index in [2.05, 4.69) is 37.2 Å². The SMILES string of the molecule is O=C(O)c1ccc(Br)c(NC(=O)c2cc(Br)ccc2F)c1. The Morgan fingerprint density at radius 2 is 1.81 bits per heavy atom. The Balaban J connectivity index is 2.33. The summed E-state index contributed by atoms with van der Waals surface area (Å²) in [5.74, 6) is -2.45. The quantitative estimate of drug-likeness (QED) is 0.783. The van der Waals surface area contributed by atoms with Gasteiger partial charge in [0, 0.05) is 8.95 Å². The van der Waals surface area contributed by atoms with Gasteiger partial charge in [0.05, 0.1) is 16.8 Å². The van der Waals surface area contributed by atoms with Gasteiger partial charge in [-0.3, -0.25) is 4.79 Å². The van der Waals surface area contributed by atoms with Crippen LogP contribution in [0, 0.1) is 5.82 Å². The predicted octanol–water partition coefficient (Wildman–Crippen LogP) is 4.30. The Labute approximate surface area is 136 Å². The molecule has 7 heteroatoms. The molecule has 0 aliphatic carbocycles. The summed E-state index contributed by atoms with van der Waals surface area (Å²) < 4.78 is 14.7. The number of benzene rings is 2. The molecule has 21 heavy (non-hydrogen) atoms. The van der Waals surface area contributed by atoms with Crippen LogP contribution in [0.25, 0.3) is 0 Å². The summed E-state index contributed by atoms with van der Waals surface area (Å²) in [4.78, 5) is 23.0. The highest BCUT2D eigenvalue weighted by Crippen LogP contribution is 2.25. The summed E-state index contributed by atoms with van der Waals surface area (Å²) in [6, 6.07) is 8.17. The molecule has 0 spiro atoms. The zero-order valence-electron chi connectivity index (χ0n) is 10.4. The normalized spacial score (nSPS) is 10.2. The molecule has 2 rings (SSSR count). The molecule has 0 saturated carbocycles. The van der Waals surface area contributed by atoms with Gasteiger partial charge in [-0.25, -0.2) is 9.18 Å². The topological polar surface area (TPSA) is 66.4 Å². The van der Waals surface area contributed by atoms with Crippen LogP contribution in [-0.2, 0) is 0 Å². The number of amides is 1. The van der Waals surface area contributed by atoms with Crippen molar-refractivity contribution < 1.29 is 19.1 Å². The van der Waals surface area contributed by atoms with Crippen LogP contribution in [-0.4, -0.2) is 17.0 Å². The summed E-state index contributed by atoms with van der Waals surface area (Å²) >= 11 is 6.36. The van der Waals surface area contributed by atoms with E-state index in [9.17, 15) is 14.0 Å². The number of hydrogen-bond donors (Lipinski definition) is 2. The molecule has 0 heterocycles. The highest BCUT2D eigenvalue weighted by atomic mass is 79.9. The number of carbonyl (C=O) groups excluding carboxylic acids is 1. The number of halogens is 3. The average molecular weight is 417 g/mol. The molecule has 0 unspecified atom stereocenters. The molecule has 0 aliphatic heterocycles. The van der Waals surface area contributed by atoms with Gasteiger partial charge in [0.1, 0.15) is 5.82 Å². The van der Waals surface area contributed by atoms with Gasteiger partial charge < -0.3 is 10.4 Å². The fourth-order valence-corrected chi connectivity index (χ4v) is 2.32. The van der Waals surface area contributed by atoms with E-state index in [0.717, 1.165) is 0 Å². The van der Waals surface area contributed by atoms with Crippen molar-refractivity contribution in [3.8, 4) is 0 Å². The molecule has 2 aromatic carbocycles. The van der Waals surface area contributed by atoms with Gasteiger partial charge in [0.25, 0.3) is 5.91 Å². The minimum Gasteiger partial charge on any atom is -0.478 e. The van der Waals surface area contributed by atoms with Gasteiger partial charge in [-0.1, -0.05) is 15.9 Å². The molecule has 0 bridgehead atoms. The molecular formula is C14H8Br2FNO3. The first-order valence-electron chi connectivity index (χ1n) is 5.67. The molecule has 4 nitrogen and oxygen atoms in total. The zero-order valence-corrected chi connectivity index (χ0v) is 13.5. The minimum atomic E-state index is -1.12. The molecule has 1 amide bonds. The summed E-state index contributed by atoms with van der Waals surface area (Å²) in [5, 5.41) is 11.4. The van der Waals surface area contributed by atoms with Crippen molar-refractivity contribution in [2.75, 3.05) is 5.32 Å². The average Bonchev–Trinajstić information content (AvgIpc) is 2.43. The van der Waals surface area contributed by atoms with Crippen LogP contribution in [0.5, 0.6) is 0 Å². The van der Waals surface area contributed by atoms with Crippen molar-refractivity contribution in [2.24, 2.45) is 0 Å². The van der Waals surface area contributed by atoms with Gasteiger partial charge in [-0.2, -0.15) is 0 Å². The van der Waals surface area contributed by atoms with E-state index in [1.54, 1.807) is 0 Å². The van der Waals surface area contributed by atoms with Crippen LogP contribution in [0.4, 0.5) is 10.1 Å². The second-order valence-electron chi connectivity index (χ2n) is 4.08. The van der Waals surface area contributed by atoms with Crippen LogP contribution in [0.15, 0.2) is 45.3 Å². The maximum Gasteiger partial charge on any atom is 0.335 e. The molecule has 0 radical (unpaired) electrons. The van der Waals surface area contributed by atoms with E-state index in [1.165, 1.54) is 36.4 Å². The second-order valence-corrected chi connectivity index (χ2v) is 5.85. The number of nitrogens with one attached hydrogen (secondary N) is 1. The van der Waals surface area contributed by atoms with Crippen molar-refractivity contribution in [2.45, 2.75) is 0 Å². The molecule has 2 N–H and O–H groups in total. The van der Waals surface area contributed by atoms with Gasteiger partial charge in [-0.15, -0.1) is 0 Å². The number of carboxylic acid groups (broad SMARTS) is 1. The Hall–Kier alpha value is -1.73. The number of carbonyl (C=O) groups is 2. The van der Waals surface area contributed by atoms with Crippen LogP contribution in [0.1, 0.15) is 20.7 Å². The van der Waals surface area contributed by atoms with Crippen molar-refractivity contribution in [3.05, 3.63) is 62.3 Å². The Kier molecular flexibility index (Phi) is 4.74. The van der Waals surface area contributed by atoms with Crippen molar-refractivity contribution in [1.82, 2.24) is 0 Å². The minimum absolute atomic E-state index is 0.0169. The lowest BCUT2D eigenvalue weighted by molar-refractivity contribution is 0.0696. The van der Waals surface area contributed by atoms with Crippen LogP contribution in [0.2, 0.25) is 0 Å². The van der Waals surface area contributed by atoms with Crippen molar-refractivity contribution in [3.63, 3.8) is 0 Å². The van der Waals surface area contributed by atoms with Crippen molar-refractivity contribution >= 4 is 49.4 Å². The van der Waals surface area contributed by atoms with Crippen LogP contribution in [0.3, 0.4) is 0 Å².